The van der Waals surface area contributed by atoms with Crippen LogP contribution in [-0.2, 0) is 18.5 Å². The topological polar surface area (TPSA) is 47.1 Å². The van der Waals surface area contributed by atoms with Gasteiger partial charge in [-0.25, -0.2) is 4.98 Å². The van der Waals surface area contributed by atoms with E-state index in [1.807, 2.05) is 29.3 Å². The molecule has 0 radical (unpaired) electrons. The van der Waals surface area contributed by atoms with Crippen molar-refractivity contribution in [2.75, 3.05) is 6.54 Å². The van der Waals surface area contributed by atoms with Gasteiger partial charge in [-0.05, 0) is 25.5 Å². The lowest BCUT2D eigenvalue weighted by atomic mass is 9.94. The van der Waals surface area contributed by atoms with E-state index in [9.17, 15) is 0 Å². The second-order valence-electron chi connectivity index (χ2n) is 6.86. The predicted octanol–water partition coefficient (Wildman–Crippen LogP) is 2.83. The molecule has 1 saturated heterocycles. The summed E-state index contributed by atoms with van der Waals surface area (Å²) in [6.45, 7) is 9.29. The first kappa shape index (κ1) is 14.3. The van der Waals surface area contributed by atoms with Gasteiger partial charge in [0.05, 0.1) is 19.3 Å². The summed E-state index contributed by atoms with van der Waals surface area (Å²) in [4.78, 5) is 6.91. The van der Waals surface area contributed by atoms with Crippen LogP contribution in [0.3, 0.4) is 0 Å². The zero-order valence-electron chi connectivity index (χ0n) is 13.1. The number of likely N-dealkylation sites (tertiary alicyclic amines) is 1. The van der Waals surface area contributed by atoms with E-state index in [2.05, 4.69) is 35.8 Å². The average Bonchev–Trinajstić information content (AvgIpc) is 3.12. The Labute approximate surface area is 126 Å². The Hall–Kier alpha value is -1.62. The normalized spacial score (nSPS) is 20.2. The molecule has 0 aromatic carbocycles. The molecule has 0 amide bonds. The Morgan fingerprint density at radius 3 is 2.90 bits per heavy atom. The maximum Gasteiger partial charge on any atom is 0.208 e. The van der Waals surface area contributed by atoms with E-state index in [4.69, 9.17) is 4.42 Å². The van der Waals surface area contributed by atoms with E-state index < -0.39 is 0 Å². The third-order valence-electron chi connectivity index (χ3n) is 4.09. The van der Waals surface area contributed by atoms with Crippen LogP contribution >= 0.6 is 0 Å². The highest BCUT2D eigenvalue weighted by Gasteiger charge is 2.27. The standard InChI is InChI=1S/C16H24N4O/c1-16(2,3)14-10-17-15(21-14)12-19-8-4-6-13(19)11-20-9-5-7-18-20/h5,7,9-10,13H,4,6,8,11-12H2,1-3H3/t13-/m1/s1. The molecule has 2 aromatic heterocycles. The van der Waals surface area contributed by atoms with Crippen molar-refractivity contribution >= 4 is 0 Å². The molecule has 0 N–H and O–H groups in total. The van der Waals surface area contributed by atoms with Crippen LogP contribution in [0.25, 0.3) is 0 Å². The van der Waals surface area contributed by atoms with Crippen LogP contribution in [0.15, 0.2) is 29.1 Å². The fourth-order valence-corrected chi connectivity index (χ4v) is 2.84. The molecule has 114 valence electrons. The van der Waals surface area contributed by atoms with Crippen molar-refractivity contribution in [3.63, 3.8) is 0 Å². The SMILES string of the molecule is CC(C)(C)c1cnc(CN2CCC[C@@H]2Cn2cccn2)o1. The highest BCUT2D eigenvalue weighted by Crippen LogP contribution is 2.25. The molecule has 5 heteroatoms. The number of hydrogen-bond acceptors (Lipinski definition) is 4. The predicted molar refractivity (Wildman–Crippen MR) is 80.9 cm³/mol. The van der Waals surface area contributed by atoms with Gasteiger partial charge in [-0.15, -0.1) is 0 Å². The first-order valence-corrected chi connectivity index (χ1v) is 7.69. The van der Waals surface area contributed by atoms with Crippen LogP contribution < -0.4 is 0 Å². The lowest BCUT2D eigenvalue weighted by Gasteiger charge is -2.23. The lowest BCUT2D eigenvalue weighted by Crippen LogP contribution is -2.32. The monoisotopic (exact) mass is 288 g/mol. The van der Waals surface area contributed by atoms with Crippen LogP contribution in [0.5, 0.6) is 0 Å². The number of aromatic nitrogens is 3. The zero-order chi connectivity index (χ0) is 14.9. The first-order valence-electron chi connectivity index (χ1n) is 7.69. The van der Waals surface area contributed by atoms with Gasteiger partial charge < -0.3 is 4.42 Å². The molecule has 1 aliphatic rings. The second-order valence-corrected chi connectivity index (χ2v) is 6.86. The van der Waals surface area contributed by atoms with E-state index in [-0.39, 0.29) is 5.41 Å². The molecule has 3 rings (SSSR count). The largest absolute Gasteiger partial charge is 0.444 e. The van der Waals surface area contributed by atoms with Crippen LogP contribution in [0.1, 0.15) is 45.3 Å². The van der Waals surface area contributed by atoms with Crippen molar-refractivity contribution in [1.29, 1.82) is 0 Å². The Morgan fingerprint density at radius 1 is 1.38 bits per heavy atom. The Bertz CT molecular complexity index is 567. The molecule has 0 spiro atoms. The number of oxazole rings is 1. The third kappa shape index (κ3) is 3.35. The van der Waals surface area contributed by atoms with E-state index in [0.717, 1.165) is 31.3 Å². The van der Waals surface area contributed by atoms with Crippen molar-refractivity contribution in [3.8, 4) is 0 Å². The summed E-state index contributed by atoms with van der Waals surface area (Å²) in [5.74, 6) is 1.78. The molecule has 3 heterocycles. The molecule has 1 atom stereocenters. The molecule has 0 saturated carbocycles. The molecule has 21 heavy (non-hydrogen) atoms. The fraction of sp³-hybridized carbons (Fsp3) is 0.625. The van der Waals surface area contributed by atoms with Crippen molar-refractivity contribution in [1.82, 2.24) is 19.7 Å². The highest BCUT2D eigenvalue weighted by molar-refractivity contribution is 5.06. The van der Waals surface area contributed by atoms with Crippen LogP contribution in [-0.4, -0.2) is 32.3 Å². The zero-order valence-corrected chi connectivity index (χ0v) is 13.1. The van der Waals surface area contributed by atoms with E-state index in [1.165, 1.54) is 12.8 Å². The molecule has 5 nitrogen and oxygen atoms in total. The van der Waals surface area contributed by atoms with Crippen LogP contribution in [0.4, 0.5) is 0 Å². The summed E-state index contributed by atoms with van der Waals surface area (Å²) < 4.78 is 7.93. The Morgan fingerprint density at radius 2 is 2.24 bits per heavy atom. The average molecular weight is 288 g/mol. The maximum absolute atomic E-state index is 5.92. The van der Waals surface area contributed by atoms with Gasteiger partial charge in [0.1, 0.15) is 5.76 Å². The van der Waals surface area contributed by atoms with Crippen LogP contribution in [0.2, 0.25) is 0 Å². The molecule has 2 aromatic rings. The van der Waals surface area contributed by atoms with Crippen molar-refractivity contribution in [3.05, 3.63) is 36.3 Å². The summed E-state index contributed by atoms with van der Waals surface area (Å²) in [5.41, 5.74) is 0.0186. The summed E-state index contributed by atoms with van der Waals surface area (Å²) in [7, 11) is 0. The summed E-state index contributed by atoms with van der Waals surface area (Å²) >= 11 is 0. The second kappa shape index (κ2) is 5.64. The number of rotatable bonds is 4. The maximum atomic E-state index is 5.92. The first-order chi connectivity index (χ1) is 10.0. The van der Waals surface area contributed by atoms with E-state index in [1.54, 1.807) is 0 Å². The quantitative estimate of drug-likeness (QED) is 0.868. The van der Waals surface area contributed by atoms with Crippen molar-refractivity contribution in [2.45, 2.75) is 58.2 Å². The van der Waals surface area contributed by atoms with Gasteiger partial charge in [-0.1, -0.05) is 20.8 Å². The lowest BCUT2D eigenvalue weighted by molar-refractivity contribution is 0.196. The minimum atomic E-state index is 0.0186. The van der Waals surface area contributed by atoms with Gasteiger partial charge in [0.25, 0.3) is 0 Å². The van der Waals surface area contributed by atoms with Gasteiger partial charge in [-0.2, -0.15) is 5.10 Å². The van der Waals surface area contributed by atoms with Crippen molar-refractivity contribution < 1.29 is 4.42 Å². The summed E-state index contributed by atoms with van der Waals surface area (Å²) in [5, 5.41) is 4.31. The summed E-state index contributed by atoms with van der Waals surface area (Å²) in [6.07, 6.45) is 8.18. The van der Waals surface area contributed by atoms with E-state index in [0.29, 0.717) is 6.04 Å². The molecular formula is C16H24N4O. The smallest absolute Gasteiger partial charge is 0.208 e. The van der Waals surface area contributed by atoms with Gasteiger partial charge >= 0.3 is 0 Å². The van der Waals surface area contributed by atoms with Gasteiger partial charge in [0, 0.05) is 23.9 Å². The van der Waals surface area contributed by atoms with Crippen LogP contribution in [0, 0.1) is 0 Å². The fourth-order valence-electron chi connectivity index (χ4n) is 2.84. The van der Waals surface area contributed by atoms with E-state index >= 15 is 0 Å². The minimum absolute atomic E-state index is 0.0186. The molecule has 0 unspecified atom stereocenters. The third-order valence-corrected chi connectivity index (χ3v) is 4.09. The summed E-state index contributed by atoms with van der Waals surface area (Å²) in [6, 6.07) is 2.50. The Kier molecular flexibility index (Phi) is 3.85. The highest BCUT2D eigenvalue weighted by atomic mass is 16.4. The number of hydrogen-bond donors (Lipinski definition) is 0. The van der Waals surface area contributed by atoms with Crippen molar-refractivity contribution in [2.24, 2.45) is 0 Å². The van der Waals surface area contributed by atoms with Gasteiger partial charge in [0.2, 0.25) is 5.89 Å². The molecular weight excluding hydrogens is 264 g/mol. The molecule has 1 aliphatic heterocycles. The molecule has 0 bridgehead atoms. The van der Waals surface area contributed by atoms with Gasteiger partial charge in [-0.3, -0.25) is 9.58 Å². The molecule has 1 fully saturated rings. The van der Waals surface area contributed by atoms with Gasteiger partial charge in [0.15, 0.2) is 0 Å². The molecule has 0 aliphatic carbocycles. The number of nitrogens with zero attached hydrogens (tertiary/aromatic N) is 4. The Balaban J connectivity index is 1.64. The minimum Gasteiger partial charge on any atom is -0.444 e.